The number of hydrogen-bond acceptors (Lipinski definition) is 4. The highest BCUT2D eigenvalue weighted by atomic mass is 32.2. The van der Waals surface area contributed by atoms with Gasteiger partial charge >= 0.3 is 0 Å². The van der Waals surface area contributed by atoms with Crippen molar-refractivity contribution in [1.29, 1.82) is 0 Å². The van der Waals surface area contributed by atoms with Gasteiger partial charge in [0.1, 0.15) is 10.6 Å². The first-order valence-electron chi connectivity index (χ1n) is 6.72. The first-order chi connectivity index (χ1) is 9.07. The number of aliphatic hydroxyl groups is 1. The van der Waals surface area contributed by atoms with Crippen molar-refractivity contribution >= 4 is 10.0 Å². The molecule has 0 saturated carbocycles. The lowest BCUT2D eigenvalue weighted by Gasteiger charge is -2.24. The normalized spacial score (nSPS) is 19.1. The average Bonchev–Trinajstić information content (AvgIpc) is 2.70. The molecule has 2 N–H and O–H groups in total. The van der Waals surface area contributed by atoms with Gasteiger partial charge in [0.25, 0.3) is 0 Å². The van der Waals surface area contributed by atoms with Crippen molar-refractivity contribution in [2.75, 3.05) is 13.1 Å². The maximum Gasteiger partial charge on any atom is 0.246 e. The van der Waals surface area contributed by atoms with Crippen LogP contribution in [0.1, 0.15) is 43.5 Å². The zero-order valence-electron chi connectivity index (χ0n) is 11.2. The Morgan fingerprint density at radius 1 is 1.21 bits per heavy atom. The molecule has 0 aliphatic carbocycles. The van der Waals surface area contributed by atoms with Gasteiger partial charge in [-0.3, -0.25) is 5.10 Å². The molecule has 0 amide bonds. The Morgan fingerprint density at radius 3 is 2.37 bits per heavy atom. The van der Waals surface area contributed by atoms with Crippen LogP contribution in [0, 0.1) is 6.92 Å². The fourth-order valence-electron chi connectivity index (χ4n) is 2.51. The van der Waals surface area contributed by atoms with Crippen molar-refractivity contribution in [2.24, 2.45) is 0 Å². The number of aryl methyl sites for hydroxylation is 1. The van der Waals surface area contributed by atoms with Crippen molar-refractivity contribution in [2.45, 2.75) is 50.5 Å². The number of H-pyrrole nitrogens is 1. The molecular formula is C12H21N3O3S. The van der Waals surface area contributed by atoms with Gasteiger partial charge in [-0.05, 0) is 19.8 Å². The third-order valence-corrected chi connectivity index (χ3v) is 5.63. The van der Waals surface area contributed by atoms with E-state index in [9.17, 15) is 13.5 Å². The number of sulfonamides is 1. The molecule has 1 fully saturated rings. The summed E-state index contributed by atoms with van der Waals surface area (Å²) in [5.41, 5.74) is 0.700. The summed E-state index contributed by atoms with van der Waals surface area (Å²) in [7, 11) is -3.55. The van der Waals surface area contributed by atoms with Crippen LogP contribution in [-0.4, -0.2) is 41.1 Å². The molecule has 0 unspecified atom stereocenters. The van der Waals surface area contributed by atoms with Gasteiger partial charge in [-0.1, -0.05) is 19.3 Å². The molecule has 0 spiro atoms. The third-order valence-electron chi connectivity index (χ3n) is 3.52. The molecule has 2 rings (SSSR count). The largest absolute Gasteiger partial charge is 0.390 e. The number of nitrogens with zero attached hydrogens (tertiary/aromatic N) is 2. The molecule has 1 saturated heterocycles. The Kier molecular flexibility index (Phi) is 4.59. The molecule has 19 heavy (non-hydrogen) atoms. The minimum Gasteiger partial charge on any atom is -0.390 e. The van der Waals surface area contributed by atoms with Crippen molar-refractivity contribution in [3.63, 3.8) is 0 Å². The van der Waals surface area contributed by atoms with E-state index in [1.807, 2.05) is 0 Å². The highest BCUT2D eigenvalue weighted by Gasteiger charge is 2.30. The van der Waals surface area contributed by atoms with Crippen molar-refractivity contribution in [3.05, 3.63) is 11.4 Å². The fraction of sp³-hybridized carbons (Fsp3) is 0.750. The molecular weight excluding hydrogens is 266 g/mol. The van der Waals surface area contributed by atoms with Gasteiger partial charge in [-0.25, -0.2) is 8.42 Å². The summed E-state index contributed by atoms with van der Waals surface area (Å²) >= 11 is 0. The Balaban J connectivity index is 2.31. The van der Waals surface area contributed by atoms with E-state index in [4.69, 9.17) is 0 Å². The van der Waals surface area contributed by atoms with Gasteiger partial charge in [-0.2, -0.15) is 9.40 Å². The quantitative estimate of drug-likeness (QED) is 0.873. The monoisotopic (exact) mass is 287 g/mol. The number of rotatable bonds is 3. The Bertz CT molecular complexity index is 516. The molecule has 2 heterocycles. The Hall–Kier alpha value is -0.920. The van der Waals surface area contributed by atoms with Crippen molar-refractivity contribution < 1.29 is 13.5 Å². The number of nitrogens with one attached hydrogen (secondary N) is 1. The van der Waals surface area contributed by atoms with Crippen LogP contribution in [0.5, 0.6) is 0 Å². The summed E-state index contributed by atoms with van der Waals surface area (Å²) in [6, 6.07) is 0. The SMILES string of the molecule is Cc1[nH]nc(CO)c1S(=O)(=O)N1CCCCCCC1. The smallest absolute Gasteiger partial charge is 0.246 e. The van der Waals surface area contributed by atoms with Crippen LogP contribution in [-0.2, 0) is 16.6 Å². The minimum atomic E-state index is -3.55. The zero-order valence-corrected chi connectivity index (χ0v) is 12.0. The first-order valence-corrected chi connectivity index (χ1v) is 8.16. The van der Waals surface area contributed by atoms with Crippen LogP contribution >= 0.6 is 0 Å². The van der Waals surface area contributed by atoms with E-state index in [-0.39, 0.29) is 17.2 Å². The van der Waals surface area contributed by atoms with Crippen molar-refractivity contribution in [1.82, 2.24) is 14.5 Å². The number of hydrogen-bond donors (Lipinski definition) is 2. The Labute approximate surface area is 113 Å². The zero-order chi connectivity index (χ0) is 13.9. The summed E-state index contributed by atoms with van der Waals surface area (Å²) in [5, 5.41) is 15.7. The predicted octanol–water partition coefficient (Wildman–Crippen LogP) is 1.17. The summed E-state index contributed by atoms with van der Waals surface area (Å²) in [6.07, 6.45) is 5.11. The fourth-order valence-corrected chi connectivity index (χ4v) is 4.34. The van der Waals surface area contributed by atoms with Crippen molar-refractivity contribution in [3.8, 4) is 0 Å². The average molecular weight is 287 g/mol. The van der Waals surface area contributed by atoms with E-state index in [1.165, 1.54) is 10.7 Å². The molecule has 7 heteroatoms. The van der Waals surface area contributed by atoms with E-state index in [2.05, 4.69) is 10.2 Å². The van der Waals surface area contributed by atoms with Crippen LogP contribution in [0.2, 0.25) is 0 Å². The van der Waals surface area contributed by atoms with E-state index < -0.39 is 10.0 Å². The summed E-state index contributed by atoms with van der Waals surface area (Å²) in [6.45, 7) is 2.41. The molecule has 0 atom stereocenters. The topological polar surface area (TPSA) is 86.3 Å². The van der Waals surface area contributed by atoms with Gasteiger partial charge in [0.05, 0.1) is 12.3 Å². The number of aromatic nitrogens is 2. The van der Waals surface area contributed by atoms with E-state index >= 15 is 0 Å². The molecule has 1 aromatic heterocycles. The standard InChI is InChI=1S/C12H21N3O3S/c1-10-12(11(9-16)14-13-10)19(17,18)15-7-5-3-2-4-6-8-15/h16H,2-9H2,1H3,(H,13,14). The molecule has 108 valence electrons. The highest BCUT2D eigenvalue weighted by Crippen LogP contribution is 2.24. The van der Waals surface area contributed by atoms with Crippen LogP contribution < -0.4 is 0 Å². The molecule has 6 nitrogen and oxygen atoms in total. The van der Waals surface area contributed by atoms with Crippen LogP contribution in [0.25, 0.3) is 0 Å². The van der Waals surface area contributed by atoms with E-state index in [0.29, 0.717) is 18.8 Å². The van der Waals surface area contributed by atoms with Gasteiger partial charge in [0, 0.05) is 13.1 Å². The van der Waals surface area contributed by atoms with Crippen LogP contribution in [0.4, 0.5) is 0 Å². The molecule has 0 bridgehead atoms. The number of aromatic amines is 1. The molecule has 1 aliphatic heterocycles. The second-order valence-corrected chi connectivity index (χ2v) is 6.83. The molecule has 1 aromatic rings. The summed E-state index contributed by atoms with van der Waals surface area (Å²) in [5.74, 6) is 0. The van der Waals surface area contributed by atoms with Crippen LogP contribution in [0.3, 0.4) is 0 Å². The van der Waals surface area contributed by atoms with E-state index in [0.717, 1.165) is 25.7 Å². The predicted molar refractivity (Wildman–Crippen MR) is 71.1 cm³/mol. The van der Waals surface area contributed by atoms with Gasteiger partial charge in [0.15, 0.2) is 0 Å². The molecule has 1 aliphatic rings. The van der Waals surface area contributed by atoms with Gasteiger partial charge < -0.3 is 5.11 Å². The lowest BCUT2D eigenvalue weighted by atomic mass is 10.1. The maximum atomic E-state index is 12.7. The lowest BCUT2D eigenvalue weighted by Crippen LogP contribution is -2.34. The first kappa shape index (κ1) is 14.5. The highest BCUT2D eigenvalue weighted by molar-refractivity contribution is 7.89. The second kappa shape index (κ2) is 6.02. The van der Waals surface area contributed by atoms with Gasteiger partial charge in [0.2, 0.25) is 10.0 Å². The molecule has 0 aromatic carbocycles. The van der Waals surface area contributed by atoms with Gasteiger partial charge in [-0.15, -0.1) is 0 Å². The minimum absolute atomic E-state index is 0.149. The number of aliphatic hydroxyl groups excluding tert-OH is 1. The lowest BCUT2D eigenvalue weighted by molar-refractivity contribution is 0.272. The van der Waals surface area contributed by atoms with Crippen LogP contribution in [0.15, 0.2) is 4.90 Å². The summed E-state index contributed by atoms with van der Waals surface area (Å²) in [4.78, 5) is 0.149. The second-order valence-electron chi connectivity index (χ2n) is 4.95. The van der Waals surface area contributed by atoms with E-state index in [1.54, 1.807) is 6.92 Å². The maximum absolute atomic E-state index is 12.7. The third kappa shape index (κ3) is 2.98. The molecule has 0 radical (unpaired) electrons. The summed E-state index contributed by atoms with van der Waals surface area (Å²) < 4.78 is 26.9. The Morgan fingerprint density at radius 2 is 1.79 bits per heavy atom.